The summed E-state index contributed by atoms with van der Waals surface area (Å²) >= 11 is 0. The molecule has 1 saturated heterocycles. The van der Waals surface area contributed by atoms with Crippen LogP contribution in [0.3, 0.4) is 0 Å². The minimum absolute atomic E-state index is 0.00794. The van der Waals surface area contributed by atoms with Crippen molar-refractivity contribution >= 4 is 12.0 Å². The molecule has 0 unspecified atom stereocenters. The number of hydrogen-bond acceptors (Lipinski definition) is 4. The van der Waals surface area contributed by atoms with Crippen LogP contribution in [0.1, 0.15) is 18.9 Å². The van der Waals surface area contributed by atoms with Crippen LogP contribution in [0.25, 0.3) is 6.08 Å². The van der Waals surface area contributed by atoms with E-state index in [9.17, 15) is 4.79 Å². The molecule has 2 rings (SSSR count). The smallest absolute Gasteiger partial charge is 0.246 e. The number of ether oxygens (including phenoxy) is 3. The van der Waals surface area contributed by atoms with Crippen LogP contribution in [0, 0.1) is 0 Å². The highest BCUT2D eigenvalue weighted by Crippen LogP contribution is 2.28. The number of carbonyl (C=O) groups is 1. The standard InChI is InChI=1S/C17H23NO4/c1-3-10-22-15-6-4-14(13-16(15)20-2)5-7-17(19)18-8-11-21-12-9-18/h4-7,13H,3,8-12H2,1-2H3/b7-5+. The zero-order valence-electron chi connectivity index (χ0n) is 13.2. The molecule has 5 nitrogen and oxygen atoms in total. The van der Waals surface area contributed by atoms with Crippen LogP contribution in [-0.2, 0) is 9.53 Å². The van der Waals surface area contributed by atoms with Crippen molar-refractivity contribution in [3.8, 4) is 11.5 Å². The normalized spacial score (nSPS) is 15.1. The van der Waals surface area contributed by atoms with Crippen LogP contribution in [-0.4, -0.2) is 50.8 Å². The predicted octanol–water partition coefficient (Wildman–Crippen LogP) is 2.36. The molecule has 1 fully saturated rings. The molecule has 1 aliphatic rings. The summed E-state index contributed by atoms with van der Waals surface area (Å²) in [6.07, 6.45) is 4.33. The Labute approximate surface area is 131 Å². The second kappa shape index (κ2) is 8.44. The van der Waals surface area contributed by atoms with Gasteiger partial charge in [-0.25, -0.2) is 0 Å². The summed E-state index contributed by atoms with van der Waals surface area (Å²) in [5, 5.41) is 0. The molecule has 1 aromatic rings. The number of methoxy groups -OCH3 is 1. The van der Waals surface area contributed by atoms with Gasteiger partial charge in [-0.1, -0.05) is 13.0 Å². The van der Waals surface area contributed by atoms with Crippen LogP contribution in [0.5, 0.6) is 11.5 Å². The molecule has 0 atom stereocenters. The summed E-state index contributed by atoms with van der Waals surface area (Å²) in [6, 6.07) is 5.65. The van der Waals surface area contributed by atoms with Gasteiger partial charge in [-0.05, 0) is 30.2 Å². The molecule has 1 amide bonds. The maximum absolute atomic E-state index is 12.1. The van der Waals surface area contributed by atoms with Crippen molar-refractivity contribution in [3.63, 3.8) is 0 Å². The Morgan fingerprint density at radius 2 is 2.09 bits per heavy atom. The molecule has 0 aromatic heterocycles. The summed E-state index contributed by atoms with van der Waals surface area (Å²) in [5.41, 5.74) is 0.905. The predicted molar refractivity (Wildman–Crippen MR) is 85.2 cm³/mol. The third-order valence-corrected chi connectivity index (χ3v) is 3.39. The van der Waals surface area contributed by atoms with E-state index in [0.29, 0.717) is 38.7 Å². The van der Waals surface area contributed by atoms with Crippen molar-refractivity contribution in [1.29, 1.82) is 0 Å². The van der Waals surface area contributed by atoms with Crippen molar-refractivity contribution in [2.75, 3.05) is 40.0 Å². The lowest BCUT2D eigenvalue weighted by Crippen LogP contribution is -2.39. The van der Waals surface area contributed by atoms with Crippen LogP contribution in [0.15, 0.2) is 24.3 Å². The Hall–Kier alpha value is -2.01. The van der Waals surface area contributed by atoms with Gasteiger partial charge in [0.25, 0.3) is 0 Å². The van der Waals surface area contributed by atoms with E-state index in [1.54, 1.807) is 24.2 Å². The lowest BCUT2D eigenvalue weighted by Gasteiger charge is -2.25. The largest absolute Gasteiger partial charge is 0.493 e. The Bertz CT molecular complexity index is 521. The van der Waals surface area contributed by atoms with Crippen LogP contribution < -0.4 is 9.47 Å². The van der Waals surface area contributed by atoms with E-state index < -0.39 is 0 Å². The number of amides is 1. The number of morpholine rings is 1. The van der Waals surface area contributed by atoms with E-state index in [4.69, 9.17) is 14.2 Å². The highest BCUT2D eigenvalue weighted by Gasteiger charge is 2.14. The number of carbonyl (C=O) groups excluding carboxylic acids is 1. The fraction of sp³-hybridized carbons (Fsp3) is 0.471. The molecule has 0 spiro atoms. The highest BCUT2D eigenvalue weighted by atomic mass is 16.5. The summed E-state index contributed by atoms with van der Waals surface area (Å²) in [5.74, 6) is 1.41. The molecule has 0 N–H and O–H groups in total. The van der Waals surface area contributed by atoms with Gasteiger partial charge < -0.3 is 19.1 Å². The van der Waals surface area contributed by atoms with Crippen molar-refractivity contribution < 1.29 is 19.0 Å². The van der Waals surface area contributed by atoms with Gasteiger partial charge in [-0.2, -0.15) is 0 Å². The lowest BCUT2D eigenvalue weighted by atomic mass is 10.2. The van der Waals surface area contributed by atoms with Gasteiger partial charge in [0.15, 0.2) is 11.5 Å². The first-order valence-corrected chi connectivity index (χ1v) is 7.60. The van der Waals surface area contributed by atoms with Gasteiger partial charge in [0.05, 0.1) is 26.9 Å². The molecule has 5 heteroatoms. The SMILES string of the molecule is CCCOc1ccc(/C=C/C(=O)N2CCOCC2)cc1OC. The number of hydrogen-bond donors (Lipinski definition) is 0. The molecule has 0 bridgehead atoms. The number of benzene rings is 1. The quantitative estimate of drug-likeness (QED) is 0.757. The fourth-order valence-electron chi connectivity index (χ4n) is 2.18. The highest BCUT2D eigenvalue weighted by molar-refractivity contribution is 5.91. The third kappa shape index (κ3) is 4.49. The third-order valence-electron chi connectivity index (χ3n) is 3.39. The lowest BCUT2D eigenvalue weighted by molar-refractivity contribution is -0.129. The molecule has 1 aliphatic heterocycles. The van der Waals surface area contributed by atoms with Gasteiger partial charge in [-0.15, -0.1) is 0 Å². The maximum atomic E-state index is 12.1. The van der Waals surface area contributed by atoms with E-state index in [2.05, 4.69) is 6.92 Å². The van der Waals surface area contributed by atoms with Crippen LogP contribution >= 0.6 is 0 Å². The summed E-state index contributed by atoms with van der Waals surface area (Å²) in [6.45, 7) is 5.22. The number of rotatable bonds is 6. The molecule has 22 heavy (non-hydrogen) atoms. The van der Waals surface area contributed by atoms with Crippen molar-refractivity contribution in [1.82, 2.24) is 4.90 Å². The number of nitrogens with zero attached hydrogens (tertiary/aromatic N) is 1. The van der Waals surface area contributed by atoms with Gasteiger partial charge in [0, 0.05) is 19.2 Å². The molecule has 120 valence electrons. The molecular formula is C17H23NO4. The summed E-state index contributed by atoms with van der Waals surface area (Å²) in [4.78, 5) is 13.8. The Balaban J connectivity index is 2.02. The Kier molecular flexibility index (Phi) is 6.27. The monoisotopic (exact) mass is 305 g/mol. The molecule has 0 aliphatic carbocycles. The first-order chi connectivity index (χ1) is 10.7. The van der Waals surface area contributed by atoms with Crippen LogP contribution in [0.4, 0.5) is 0 Å². The Morgan fingerprint density at radius 1 is 1.32 bits per heavy atom. The second-order valence-electron chi connectivity index (χ2n) is 5.03. The van der Waals surface area contributed by atoms with Crippen molar-refractivity contribution in [2.45, 2.75) is 13.3 Å². The van der Waals surface area contributed by atoms with Crippen molar-refractivity contribution in [3.05, 3.63) is 29.8 Å². The molecule has 0 saturated carbocycles. The zero-order valence-corrected chi connectivity index (χ0v) is 13.2. The van der Waals surface area contributed by atoms with Gasteiger partial charge >= 0.3 is 0 Å². The van der Waals surface area contributed by atoms with Gasteiger partial charge in [-0.3, -0.25) is 4.79 Å². The minimum Gasteiger partial charge on any atom is -0.493 e. The molecular weight excluding hydrogens is 282 g/mol. The topological polar surface area (TPSA) is 48.0 Å². The summed E-state index contributed by atoms with van der Waals surface area (Å²) in [7, 11) is 1.61. The van der Waals surface area contributed by atoms with E-state index in [-0.39, 0.29) is 5.91 Å². The average molecular weight is 305 g/mol. The van der Waals surface area contributed by atoms with Gasteiger partial charge in [0.2, 0.25) is 5.91 Å². The maximum Gasteiger partial charge on any atom is 0.246 e. The molecule has 1 aromatic carbocycles. The van der Waals surface area contributed by atoms with E-state index >= 15 is 0 Å². The van der Waals surface area contributed by atoms with E-state index in [1.807, 2.05) is 18.2 Å². The molecule has 1 heterocycles. The minimum atomic E-state index is 0.00794. The fourth-order valence-corrected chi connectivity index (χ4v) is 2.18. The Morgan fingerprint density at radius 3 is 2.77 bits per heavy atom. The zero-order chi connectivity index (χ0) is 15.8. The second-order valence-corrected chi connectivity index (χ2v) is 5.03. The van der Waals surface area contributed by atoms with E-state index in [0.717, 1.165) is 17.7 Å². The average Bonchev–Trinajstić information content (AvgIpc) is 2.58. The molecule has 0 radical (unpaired) electrons. The van der Waals surface area contributed by atoms with Crippen LogP contribution in [0.2, 0.25) is 0 Å². The first-order valence-electron chi connectivity index (χ1n) is 7.60. The first kappa shape index (κ1) is 16.4. The van der Waals surface area contributed by atoms with E-state index in [1.165, 1.54) is 0 Å². The summed E-state index contributed by atoms with van der Waals surface area (Å²) < 4.78 is 16.2. The van der Waals surface area contributed by atoms with Gasteiger partial charge in [0.1, 0.15) is 0 Å². The van der Waals surface area contributed by atoms with Crippen molar-refractivity contribution in [2.24, 2.45) is 0 Å².